The summed E-state index contributed by atoms with van der Waals surface area (Å²) in [6.07, 6.45) is 0. The van der Waals surface area contributed by atoms with Gasteiger partial charge in [-0.05, 0) is 40.2 Å². The minimum Gasteiger partial charge on any atom is -0.497 e. The molecule has 0 aliphatic rings. The van der Waals surface area contributed by atoms with Crippen molar-refractivity contribution in [3.05, 3.63) is 52.5 Å². The molecule has 1 N–H and O–H groups in total. The third-order valence-electron chi connectivity index (χ3n) is 3.51. The molecule has 2 amide bonds. The predicted molar refractivity (Wildman–Crippen MR) is 99.3 cm³/mol. The van der Waals surface area contributed by atoms with Crippen LogP contribution < -0.4 is 14.8 Å². The average molecular weight is 407 g/mol. The van der Waals surface area contributed by atoms with Gasteiger partial charge in [-0.2, -0.15) is 0 Å². The highest BCUT2D eigenvalue weighted by atomic mass is 79.9. The van der Waals surface area contributed by atoms with Crippen LogP contribution in [0, 0.1) is 0 Å². The van der Waals surface area contributed by atoms with Gasteiger partial charge in [0.1, 0.15) is 11.5 Å². The molecule has 0 heterocycles. The van der Waals surface area contributed by atoms with Gasteiger partial charge < -0.3 is 19.7 Å². The standard InChI is InChI=1S/C18H19BrN2O4/c1-21(11-17(22)20-15-7-5-4-6-14(15)19)18(23)13-9-8-12(24-2)10-16(13)25-3/h4-10H,11H2,1-3H3,(H,20,22). The number of anilines is 1. The molecule has 0 aliphatic heterocycles. The first-order valence-corrected chi connectivity index (χ1v) is 8.27. The summed E-state index contributed by atoms with van der Waals surface area (Å²) in [6, 6.07) is 12.2. The second-order valence-corrected chi connectivity index (χ2v) is 6.11. The lowest BCUT2D eigenvalue weighted by Crippen LogP contribution is -2.35. The number of carbonyl (C=O) groups excluding carboxylic acids is 2. The lowest BCUT2D eigenvalue weighted by Gasteiger charge is -2.19. The van der Waals surface area contributed by atoms with Crippen LogP contribution in [-0.2, 0) is 4.79 Å². The van der Waals surface area contributed by atoms with Crippen LogP contribution in [-0.4, -0.2) is 44.5 Å². The molecule has 25 heavy (non-hydrogen) atoms. The monoisotopic (exact) mass is 406 g/mol. The summed E-state index contributed by atoms with van der Waals surface area (Å²) in [5.74, 6) is 0.363. The van der Waals surface area contributed by atoms with Gasteiger partial charge in [0.25, 0.3) is 5.91 Å². The predicted octanol–water partition coefficient (Wildman–Crippen LogP) is 3.18. The zero-order chi connectivity index (χ0) is 18.4. The number of halogens is 1. The van der Waals surface area contributed by atoms with Gasteiger partial charge in [0.15, 0.2) is 0 Å². The first-order valence-electron chi connectivity index (χ1n) is 7.48. The van der Waals surface area contributed by atoms with Crippen molar-refractivity contribution in [3.63, 3.8) is 0 Å². The lowest BCUT2D eigenvalue weighted by atomic mass is 10.1. The van der Waals surface area contributed by atoms with Crippen LogP contribution in [0.25, 0.3) is 0 Å². The van der Waals surface area contributed by atoms with Crippen molar-refractivity contribution in [2.45, 2.75) is 0 Å². The first-order chi connectivity index (χ1) is 12.0. The van der Waals surface area contributed by atoms with Crippen LogP contribution in [0.2, 0.25) is 0 Å². The third-order valence-corrected chi connectivity index (χ3v) is 4.21. The molecule has 0 saturated carbocycles. The summed E-state index contributed by atoms with van der Waals surface area (Å²) in [4.78, 5) is 26.1. The van der Waals surface area contributed by atoms with Crippen LogP contribution in [0.4, 0.5) is 5.69 Å². The molecular formula is C18H19BrN2O4. The number of rotatable bonds is 6. The molecule has 7 heteroatoms. The van der Waals surface area contributed by atoms with Crippen LogP contribution in [0.3, 0.4) is 0 Å². The Bertz CT molecular complexity index is 779. The van der Waals surface area contributed by atoms with E-state index < -0.39 is 0 Å². The second-order valence-electron chi connectivity index (χ2n) is 5.26. The molecule has 2 aromatic rings. The highest BCUT2D eigenvalue weighted by Gasteiger charge is 2.19. The maximum Gasteiger partial charge on any atom is 0.257 e. The van der Waals surface area contributed by atoms with E-state index in [2.05, 4.69) is 21.2 Å². The number of ether oxygens (including phenoxy) is 2. The second kappa shape index (κ2) is 8.53. The molecule has 132 valence electrons. The molecule has 6 nitrogen and oxygen atoms in total. The van der Waals surface area contributed by atoms with E-state index in [0.29, 0.717) is 22.7 Å². The molecule has 0 spiro atoms. The van der Waals surface area contributed by atoms with E-state index in [0.717, 1.165) is 4.47 Å². The van der Waals surface area contributed by atoms with Crippen LogP contribution in [0.15, 0.2) is 46.9 Å². The van der Waals surface area contributed by atoms with Crippen molar-refractivity contribution < 1.29 is 19.1 Å². The Morgan fingerprint density at radius 3 is 2.48 bits per heavy atom. The number of para-hydroxylation sites is 1. The van der Waals surface area contributed by atoms with Gasteiger partial charge in [0.05, 0.1) is 32.0 Å². The van der Waals surface area contributed by atoms with Crippen LogP contribution in [0.1, 0.15) is 10.4 Å². The van der Waals surface area contributed by atoms with Crippen LogP contribution in [0.5, 0.6) is 11.5 Å². The number of methoxy groups -OCH3 is 2. The first kappa shape index (κ1) is 18.8. The summed E-state index contributed by atoms with van der Waals surface area (Å²) >= 11 is 3.37. The summed E-state index contributed by atoms with van der Waals surface area (Å²) in [6.45, 7) is -0.0879. The summed E-state index contributed by atoms with van der Waals surface area (Å²) in [7, 11) is 4.57. The highest BCUT2D eigenvalue weighted by Crippen LogP contribution is 2.25. The van der Waals surface area contributed by atoms with Crippen molar-refractivity contribution in [2.24, 2.45) is 0 Å². The molecule has 0 saturated heterocycles. The normalized spacial score (nSPS) is 10.1. The number of benzene rings is 2. The zero-order valence-electron chi connectivity index (χ0n) is 14.2. The van der Waals surface area contributed by atoms with Crippen molar-refractivity contribution >= 4 is 33.4 Å². The topological polar surface area (TPSA) is 67.9 Å². The van der Waals surface area contributed by atoms with E-state index in [4.69, 9.17) is 9.47 Å². The Morgan fingerprint density at radius 2 is 1.84 bits per heavy atom. The number of carbonyl (C=O) groups is 2. The van der Waals surface area contributed by atoms with Gasteiger partial charge in [-0.3, -0.25) is 9.59 Å². The minimum absolute atomic E-state index is 0.0879. The van der Waals surface area contributed by atoms with E-state index in [1.165, 1.54) is 19.1 Å². The summed E-state index contributed by atoms with van der Waals surface area (Å²) in [5, 5.41) is 2.76. The fourth-order valence-corrected chi connectivity index (χ4v) is 2.60. The molecule has 0 bridgehead atoms. The number of amides is 2. The maximum absolute atomic E-state index is 12.6. The SMILES string of the molecule is COc1ccc(C(=O)N(C)CC(=O)Nc2ccccc2Br)c(OC)c1. The van der Waals surface area contributed by atoms with Gasteiger partial charge in [-0.1, -0.05) is 12.1 Å². The maximum atomic E-state index is 12.6. The van der Waals surface area contributed by atoms with E-state index in [9.17, 15) is 9.59 Å². The third kappa shape index (κ3) is 4.73. The van der Waals surface area contributed by atoms with Gasteiger partial charge >= 0.3 is 0 Å². The number of nitrogens with zero attached hydrogens (tertiary/aromatic N) is 1. The Labute approximate surface area is 154 Å². The van der Waals surface area contributed by atoms with Gasteiger partial charge in [0, 0.05) is 17.6 Å². The Hall–Kier alpha value is -2.54. The largest absolute Gasteiger partial charge is 0.497 e. The number of nitrogens with one attached hydrogen (secondary N) is 1. The van der Waals surface area contributed by atoms with Gasteiger partial charge in [0.2, 0.25) is 5.91 Å². The fraction of sp³-hybridized carbons (Fsp3) is 0.222. The molecule has 0 radical (unpaired) electrons. The van der Waals surface area contributed by atoms with Crippen molar-refractivity contribution in [1.29, 1.82) is 0 Å². The average Bonchev–Trinajstić information content (AvgIpc) is 2.62. The molecule has 2 aromatic carbocycles. The number of hydrogen-bond donors (Lipinski definition) is 1. The number of hydrogen-bond acceptors (Lipinski definition) is 4. The van der Waals surface area contributed by atoms with Crippen molar-refractivity contribution in [2.75, 3.05) is 33.1 Å². The Kier molecular flexibility index (Phi) is 6.41. The van der Waals surface area contributed by atoms with E-state index >= 15 is 0 Å². The smallest absolute Gasteiger partial charge is 0.257 e. The molecule has 0 aromatic heterocycles. The lowest BCUT2D eigenvalue weighted by molar-refractivity contribution is -0.116. The molecule has 0 aliphatic carbocycles. The minimum atomic E-state index is -0.318. The summed E-state index contributed by atoms with van der Waals surface area (Å²) in [5.41, 5.74) is 1.01. The van der Waals surface area contributed by atoms with Gasteiger partial charge in [-0.25, -0.2) is 0 Å². The zero-order valence-corrected chi connectivity index (χ0v) is 15.8. The molecule has 0 atom stereocenters. The summed E-state index contributed by atoms with van der Waals surface area (Å²) < 4.78 is 11.1. The number of likely N-dealkylation sites (N-methyl/N-ethyl adjacent to an activating group) is 1. The molecule has 0 unspecified atom stereocenters. The quantitative estimate of drug-likeness (QED) is 0.799. The fourth-order valence-electron chi connectivity index (χ4n) is 2.22. The highest BCUT2D eigenvalue weighted by molar-refractivity contribution is 9.10. The van der Waals surface area contributed by atoms with Gasteiger partial charge in [-0.15, -0.1) is 0 Å². The Morgan fingerprint density at radius 1 is 1.12 bits per heavy atom. The molecule has 2 rings (SSSR count). The molecular weight excluding hydrogens is 388 g/mol. The van der Waals surface area contributed by atoms with E-state index in [1.807, 2.05) is 18.2 Å². The molecule has 0 fully saturated rings. The van der Waals surface area contributed by atoms with Crippen molar-refractivity contribution in [1.82, 2.24) is 4.90 Å². The Balaban J connectivity index is 2.07. The van der Waals surface area contributed by atoms with E-state index in [-0.39, 0.29) is 18.4 Å². The van der Waals surface area contributed by atoms with Crippen LogP contribution >= 0.6 is 15.9 Å². The van der Waals surface area contributed by atoms with E-state index in [1.54, 1.807) is 31.3 Å². The van der Waals surface area contributed by atoms with Crippen molar-refractivity contribution in [3.8, 4) is 11.5 Å².